The van der Waals surface area contributed by atoms with Crippen molar-refractivity contribution < 1.29 is 4.79 Å². The van der Waals surface area contributed by atoms with E-state index in [0.717, 1.165) is 30.2 Å². The molecule has 1 saturated carbocycles. The van der Waals surface area contributed by atoms with E-state index in [9.17, 15) is 10.1 Å². The number of hydrogen-bond acceptors (Lipinski definition) is 2. The second kappa shape index (κ2) is 4.55. The van der Waals surface area contributed by atoms with E-state index in [4.69, 9.17) is 0 Å². The molecule has 3 nitrogen and oxygen atoms in total. The molecule has 1 N–H and O–H groups in total. The molecule has 0 saturated heterocycles. The quantitative estimate of drug-likeness (QED) is 0.829. The van der Waals surface area contributed by atoms with Gasteiger partial charge >= 0.3 is 0 Å². The van der Waals surface area contributed by atoms with Crippen LogP contribution in [0.3, 0.4) is 0 Å². The fourth-order valence-corrected chi connectivity index (χ4v) is 3.21. The average Bonchev–Trinajstić information content (AvgIpc) is 3.03. The maximum atomic E-state index is 12.7. The molecule has 1 aromatic heterocycles. The Bertz CT molecular complexity index is 678. The smallest absolute Gasteiger partial charge is 0.168 e. The number of ketones is 1. The summed E-state index contributed by atoms with van der Waals surface area (Å²) in [4.78, 5) is 15.8. The molecule has 1 fully saturated rings. The number of aromatic amines is 1. The summed E-state index contributed by atoms with van der Waals surface area (Å²) in [7, 11) is 0. The molecule has 2 aromatic rings. The normalized spacial score (nSPS) is 22.5. The van der Waals surface area contributed by atoms with E-state index in [0.29, 0.717) is 17.0 Å². The van der Waals surface area contributed by atoms with Gasteiger partial charge in [-0.05, 0) is 30.9 Å². The van der Waals surface area contributed by atoms with Crippen molar-refractivity contribution in [2.24, 2.45) is 11.8 Å². The molecule has 19 heavy (non-hydrogen) atoms. The summed E-state index contributed by atoms with van der Waals surface area (Å²) in [6.07, 6.45) is 5.00. The second-order valence-corrected chi connectivity index (χ2v) is 5.42. The number of carbonyl (C=O) groups excluding carboxylic acids is 1. The first kappa shape index (κ1) is 12.0. The number of nitrogens with zero attached hydrogens (tertiary/aromatic N) is 1. The number of hydrogen-bond donors (Lipinski definition) is 1. The van der Waals surface area contributed by atoms with Gasteiger partial charge in [0.05, 0.1) is 11.6 Å². The van der Waals surface area contributed by atoms with E-state index in [1.54, 1.807) is 12.3 Å². The number of H-pyrrole nitrogens is 1. The third-order valence-electron chi connectivity index (χ3n) is 4.29. The Hall–Kier alpha value is -2.08. The van der Waals surface area contributed by atoms with E-state index < -0.39 is 0 Å². The lowest BCUT2D eigenvalue weighted by Gasteiger charge is -2.13. The highest BCUT2D eigenvalue weighted by molar-refractivity contribution is 6.10. The summed E-state index contributed by atoms with van der Waals surface area (Å²) in [5.41, 5.74) is 2.13. The van der Waals surface area contributed by atoms with Gasteiger partial charge in [0.2, 0.25) is 0 Å². The molecule has 96 valence electrons. The zero-order valence-corrected chi connectivity index (χ0v) is 10.9. The van der Waals surface area contributed by atoms with Crippen molar-refractivity contribution in [2.75, 3.05) is 0 Å². The molecule has 0 amide bonds. The molecule has 2 atom stereocenters. The molecular formula is C16H16N2O. The van der Waals surface area contributed by atoms with Gasteiger partial charge < -0.3 is 4.98 Å². The van der Waals surface area contributed by atoms with Gasteiger partial charge in [-0.25, -0.2) is 0 Å². The van der Waals surface area contributed by atoms with Gasteiger partial charge in [0, 0.05) is 28.6 Å². The van der Waals surface area contributed by atoms with Crippen LogP contribution in [0.2, 0.25) is 0 Å². The highest BCUT2D eigenvalue weighted by Crippen LogP contribution is 2.35. The summed E-state index contributed by atoms with van der Waals surface area (Å²) >= 11 is 0. The molecule has 1 heterocycles. The number of benzene rings is 1. The minimum absolute atomic E-state index is 0.116. The molecule has 0 bridgehead atoms. The summed E-state index contributed by atoms with van der Waals surface area (Å²) in [6.45, 7) is 2.15. The first-order chi connectivity index (χ1) is 9.22. The molecule has 0 aliphatic heterocycles. The Morgan fingerprint density at radius 1 is 1.42 bits per heavy atom. The molecule has 3 rings (SSSR count). The third-order valence-corrected chi connectivity index (χ3v) is 4.29. The SMILES string of the molecule is CC1CCCC1C(=O)c1c[nH]c2cccc(C#N)c12. The van der Waals surface area contributed by atoms with Gasteiger partial charge in [0.1, 0.15) is 0 Å². The van der Waals surface area contributed by atoms with E-state index in [1.165, 1.54) is 0 Å². The Kier molecular flexibility index (Phi) is 2.87. The number of carbonyl (C=O) groups is 1. The van der Waals surface area contributed by atoms with Crippen LogP contribution in [-0.2, 0) is 0 Å². The maximum absolute atomic E-state index is 12.7. The van der Waals surface area contributed by atoms with Gasteiger partial charge in [-0.3, -0.25) is 4.79 Å². The van der Waals surface area contributed by atoms with Crippen LogP contribution in [0.5, 0.6) is 0 Å². The van der Waals surface area contributed by atoms with Crippen molar-refractivity contribution in [2.45, 2.75) is 26.2 Å². The van der Waals surface area contributed by atoms with Crippen LogP contribution < -0.4 is 0 Å². The molecule has 1 aliphatic rings. The van der Waals surface area contributed by atoms with Gasteiger partial charge in [0.25, 0.3) is 0 Å². The first-order valence-corrected chi connectivity index (χ1v) is 6.76. The summed E-state index contributed by atoms with van der Waals surface area (Å²) in [5.74, 6) is 0.761. The molecular weight excluding hydrogens is 236 g/mol. The van der Waals surface area contributed by atoms with Crippen LogP contribution >= 0.6 is 0 Å². The number of Topliss-reactive ketones (excluding diaryl/α,β-unsaturated/α-hetero) is 1. The van der Waals surface area contributed by atoms with E-state index in [-0.39, 0.29) is 11.7 Å². The van der Waals surface area contributed by atoms with Crippen molar-refractivity contribution in [3.05, 3.63) is 35.5 Å². The lowest BCUT2D eigenvalue weighted by atomic mass is 9.89. The van der Waals surface area contributed by atoms with Crippen molar-refractivity contribution in [1.29, 1.82) is 5.26 Å². The second-order valence-electron chi connectivity index (χ2n) is 5.42. The number of aromatic nitrogens is 1. The molecule has 1 aromatic carbocycles. The lowest BCUT2D eigenvalue weighted by Crippen LogP contribution is -2.17. The zero-order valence-electron chi connectivity index (χ0n) is 10.9. The van der Waals surface area contributed by atoms with E-state index >= 15 is 0 Å². The predicted molar refractivity (Wildman–Crippen MR) is 73.8 cm³/mol. The maximum Gasteiger partial charge on any atom is 0.168 e. The van der Waals surface area contributed by atoms with E-state index in [2.05, 4.69) is 18.0 Å². The van der Waals surface area contributed by atoms with Gasteiger partial charge in [-0.2, -0.15) is 5.26 Å². The minimum Gasteiger partial charge on any atom is -0.360 e. The van der Waals surface area contributed by atoms with Gasteiger partial charge in [0.15, 0.2) is 5.78 Å². The van der Waals surface area contributed by atoms with Crippen LogP contribution in [0.25, 0.3) is 10.9 Å². The number of rotatable bonds is 2. The highest BCUT2D eigenvalue weighted by Gasteiger charge is 2.31. The molecule has 1 aliphatic carbocycles. The van der Waals surface area contributed by atoms with Crippen LogP contribution in [-0.4, -0.2) is 10.8 Å². The van der Waals surface area contributed by atoms with Crippen LogP contribution in [0.4, 0.5) is 0 Å². The Morgan fingerprint density at radius 3 is 2.95 bits per heavy atom. The first-order valence-electron chi connectivity index (χ1n) is 6.76. The lowest BCUT2D eigenvalue weighted by molar-refractivity contribution is 0.0899. The largest absolute Gasteiger partial charge is 0.360 e. The standard InChI is InChI=1S/C16H16N2O/c1-10-4-2-6-12(10)16(19)13-9-18-14-7-3-5-11(8-17)15(13)14/h3,5,7,9-10,12,18H,2,4,6H2,1H3. The Labute approximate surface area is 112 Å². The molecule has 0 spiro atoms. The predicted octanol–water partition coefficient (Wildman–Crippen LogP) is 3.66. The highest BCUT2D eigenvalue weighted by atomic mass is 16.1. The van der Waals surface area contributed by atoms with Crippen LogP contribution in [0.1, 0.15) is 42.1 Å². The van der Waals surface area contributed by atoms with Crippen molar-refractivity contribution in [3.8, 4) is 6.07 Å². The topological polar surface area (TPSA) is 56.6 Å². The number of fused-ring (bicyclic) bond motifs is 1. The van der Waals surface area contributed by atoms with E-state index in [1.807, 2.05) is 12.1 Å². The number of nitriles is 1. The van der Waals surface area contributed by atoms with Gasteiger partial charge in [-0.15, -0.1) is 0 Å². The summed E-state index contributed by atoms with van der Waals surface area (Å²) < 4.78 is 0. The van der Waals surface area contributed by atoms with Crippen molar-refractivity contribution in [3.63, 3.8) is 0 Å². The fourth-order valence-electron chi connectivity index (χ4n) is 3.21. The summed E-state index contributed by atoms with van der Waals surface area (Å²) in [5, 5.41) is 9.99. The average molecular weight is 252 g/mol. The Morgan fingerprint density at radius 2 is 2.26 bits per heavy atom. The third kappa shape index (κ3) is 1.84. The van der Waals surface area contributed by atoms with Crippen molar-refractivity contribution in [1.82, 2.24) is 4.98 Å². The fraction of sp³-hybridized carbons (Fsp3) is 0.375. The monoisotopic (exact) mass is 252 g/mol. The van der Waals surface area contributed by atoms with Crippen molar-refractivity contribution >= 4 is 16.7 Å². The molecule has 0 radical (unpaired) electrons. The minimum atomic E-state index is 0.116. The summed E-state index contributed by atoms with van der Waals surface area (Å²) in [6, 6.07) is 7.69. The van der Waals surface area contributed by atoms with Crippen LogP contribution in [0, 0.1) is 23.2 Å². The van der Waals surface area contributed by atoms with Crippen LogP contribution in [0.15, 0.2) is 24.4 Å². The molecule has 2 unspecified atom stereocenters. The Balaban J connectivity index is 2.11. The zero-order chi connectivity index (χ0) is 13.4. The number of nitrogens with one attached hydrogen (secondary N) is 1. The molecule has 3 heteroatoms. The van der Waals surface area contributed by atoms with Gasteiger partial charge in [-0.1, -0.05) is 19.4 Å².